The maximum Gasteiger partial charge on any atom is 0.244 e. The summed E-state index contributed by atoms with van der Waals surface area (Å²) in [6.07, 6.45) is 5.71. The largest absolute Gasteiger partial charge is 0.448 e. The Kier molecular flexibility index (Phi) is 5.39. The molecule has 9 heteroatoms. The summed E-state index contributed by atoms with van der Waals surface area (Å²) in [6, 6.07) is 3.84. The Labute approximate surface area is 188 Å². The first kappa shape index (κ1) is 20.4. The number of halogens is 1. The second-order valence-corrected chi connectivity index (χ2v) is 9.31. The molecule has 162 valence electrons. The number of amides is 1. The van der Waals surface area contributed by atoms with E-state index in [2.05, 4.69) is 38.0 Å². The van der Waals surface area contributed by atoms with Gasteiger partial charge in [-0.2, -0.15) is 5.10 Å². The van der Waals surface area contributed by atoms with Crippen molar-refractivity contribution in [3.63, 3.8) is 0 Å². The van der Waals surface area contributed by atoms with Crippen LogP contribution >= 0.6 is 15.9 Å². The van der Waals surface area contributed by atoms with Gasteiger partial charge in [-0.05, 0) is 37.6 Å². The van der Waals surface area contributed by atoms with Gasteiger partial charge in [-0.1, -0.05) is 15.9 Å². The van der Waals surface area contributed by atoms with Gasteiger partial charge in [0.2, 0.25) is 5.91 Å². The molecule has 5 rings (SSSR count). The van der Waals surface area contributed by atoms with E-state index in [0.717, 1.165) is 60.0 Å². The van der Waals surface area contributed by atoms with Crippen molar-refractivity contribution < 1.29 is 14.0 Å². The lowest BCUT2D eigenvalue weighted by Crippen LogP contribution is -2.48. The van der Waals surface area contributed by atoms with E-state index < -0.39 is 0 Å². The summed E-state index contributed by atoms with van der Waals surface area (Å²) < 4.78 is 7.95. The van der Waals surface area contributed by atoms with Crippen LogP contribution in [0.2, 0.25) is 0 Å². The number of fused-ring (bicyclic) bond motifs is 1. The van der Waals surface area contributed by atoms with Crippen LogP contribution in [0.1, 0.15) is 40.7 Å². The molecule has 0 atom stereocenters. The van der Waals surface area contributed by atoms with E-state index in [-0.39, 0.29) is 24.7 Å². The zero-order valence-electron chi connectivity index (χ0n) is 17.4. The van der Waals surface area contributed by atoms with Crippen molar-refractivity contribution in [3.8, 4) is 0 Å². The number of piperazine rings is 1. The predicted molar refractivity (Wildman–Crippen MR) is 118 cm³/mol. The molecule has 0 N–H and O–H groups in total. The van der Waals surface area contributed by atoms with Crippen molar-refractivity contribution in [2.24, 2.45) is 0 Å². The molecule has 1 saturated heterocycles. The van der Waals surface area contributed by atoms with Gasteiger partial charge in [0.15, 0.2) is 11.7 Å². The molecule has 0 unspecified atom stereocenters. The van der Waals surface area contributed by atoms with Crippen LogP contribution in [0.5, 0.6) is 0 Å². The van der Waals surface area contributed by atoms with Crippen LogP contribution in [0.4, 0.5) is 0 Å². The highest BCUT2D eigenvalue weighted by Gasteiger charge is 2.29. The highest BCUT2D eigenvalue weighted by molar-refractivity contribution is 9.10. The third kappa shape index (κ3) is 4.43. The van der Waals surface area contributed by atoms with Crippen LogP contribution in [0.15, 0.2) is 33.5 Å². The number of likely N-dealkylation sites (N-methyl/N-ethyl adjacent to an activating group) is 1. The quantitative estimate of drug-likeness (QED) is 0.499. The van der Waals surface area contributed by atoms with Crippen molar-refractivity contribution in [1.29, 1.82) is 0 Å². The van der Waals surface area contributed by atoms with Gasteiger partial charge in [0, 0.05) is 54.6 Å². The minimum absolute atomic E-state index is 0.0756. The Morgan fingerprint density at radius 1 is 1.19 bits per heavy atom. The van der Waals surface area contributed by atoms with Crippen molar-refractivity contribution >= 4 is 38.5 Å². The SMILES string of the molecule is CN1CCN(C(=O)Cn2cc3cc(CC(=O)c4coc(C5CC5)n4)c(Br)cc3n2)CC1. The van der Waals surface area contributed by atoms with Gasteiger partial charge in [-0.3, -0.25) is 14.3 Å². The summed E-state index contributed by atoms with van der Waals surface area (Å²) in [5, 5.41) is 5.45. The third-order valence-electron chi connectivity index (χ3n) is 5.96. The molecule has 0 bridgehead atoms. The molecule has 2 aromatic heterocycles. The van der Waals surface area contributed by atoms with E-state index in [1.807, 2.05) is 23.2 Å². The van der Waals surface area contributed by atoms with Crippen molar-refractivity contribution in [2.75, 3.05) is 33.2 Å². The molecule has 0 spiro atoms. The molecule has 3 heterocycles. The lowest BCUT2D eigenvalue weighted by Gasteiger charge is -2.32. The van der Waals surface area contributed by atoms with Gasteiger partial charge in [-0.15, -0.1) is 0 Å². The number of nitrogens with zero attached hydrogens (tertiary/aromatic N) is 5. The van der Waals surface area contributed by atoms with Crippen LogP contribution in [0.25, 0.3) is 10.9 Å². The van der Waals surface area contributed by atoms with Gasteiger partial charge in [-0.25, -0.2) is 4.98 Å². The van der Waals surface area contributed by atoms with Crippen molar-refractivity contribution in [1.82, 2.24) is 24.6 Å². The fraction of sp³-hybridized carbons (Fsp3) is 0.455. The maximum atomic E-state index is 12.7. The van der Waals surface area contributed by atoms with E-state index in [4.69, 9.17) is 4.42 Å². The minimum Gasteiger partial charge on any atom is -0.448 e. The Morgan fingerprint density at radius 3 is 2.71 bits per heavy atom. The molecule has 0 radical (unpaired) electrons. The average Bonchev–Trinajstić information content (AvgIpc) is 3.34. The Bertz CT molecular complexity index is 1140. The summed E-state index contributed by atoms with van der Waals surface area (Å²) in [5.41, 5.74) is 2.02. The molecular formula is C22H24BrN5O3. The standard InChI is InChI=1S/C22H24BrN5O3/c1-26-4-6-27(7-5-26)21(30)12-28-11-16-8-15(17(23)10-18(16)25-28)9-20(29)19-13-31-22(24-19)14-2-3-14/h8,10-11,13-14H,2-7,9,12H2,1H3. The molecule has 1 aromatic carbocycles. The Morgan fingerprint density at radius 2 is 1.97 bits per heavy atom. The van der Waals surface area contributed by atoms with Crippen LogP contribution in [-0.4, -0.2) is 69.5 Å². The first-order chi connectivity index (χ1) is 15.0. The molecule has 1 aliphatic heterocycles. The first-order valence-corrected chi connectivity index (χ1v) is 11.4. The molecule has 8 nitrogen and oxygen atoms in total. The van der Waals surface area contributed by atoms with Crippen LogP contribution in [0, 0.1) is 0 Å². The molecule has 2 fully saturated rings. The normalized spacial score (nSPS) is 17.4. The molecule has 1 saturated carbocycles. The topological polar surface area (TPSA) is 84.5 Å². The fourth-order valence-electron chi connectivity index (χ4n) is 3.85. The zero-order valence-corrected chi connectivity index (χ0v) is 19.0. The molecule has 1 amide bonds. The van der Waals surface area contributed by atoms with Crippen LogP contribution in [0.3, 0.4) is 0 Å². The Hall–Kier alpha value is -2.52. The maximum absolute atomic E-state index is 12.7. The second-order valence-electron chi connectivity index (χ2n) is 8.46. The number of Topliss-reactive ketones (excluding diaryl/α,β-unsaturated/α-hetero) is 1. The predicted octanol–water partition coefficient (Wildman–Crippen LogP) is 2.86. The summed E-state index contributed by atoms with van der Waals surface area (Å²) in [7, 11) is 2.07. The number of carbonyl (C=O) groups is 2. The smallest absolute Gasteiger partial charge is 0.244 e. The monoisotopic (exact) mass is 485 g/mol. The van der Waals surface area contributed by atoms with Gasteiger partial charge in [0.1, 0.15) is 18.5 Å². The van der Waals surface area contributed by atoms with Crippen LogP contribution in [-0.2, 0) is 17.8 Å². The lowest BCUT2D eigenvalue weighted by atomic mass is 10.1. The highest BCUT2D eigenvalue weighted by Crippen LogP contribution is 2.39. The number of oxazole rings is 1. The zero-order chi connectivity index (χ0) is 21.5. The average molecular weight is 486 g/mol. The van der Waals surface area contributed by atoms with Crippen LogP contribution < -0.4 is 0 Å². The van der Waals surface area contributed by atoms with Crippen molar-refractivity contribution in [2.45, 2.75) is 31.7 Å². The minimum atomic E-state index is -0.0756. The summed E-state index contributed by atoms with van der Waals surface area (Å²) in [4.78, 5) is 33.8. The number of ketones is 1. The van der Waals surface area contributed by atoms with Crippen molar-refractivity contribution in [3.05, 3.63) is 46.2 Å². The van der Waals surface area contributed by atoms with E-state index in [1.165, 1.54) is 6.26 Å². The summed E-state index contributed by atoms with van der Waals surface area (Å²) >= 11 is 3.56. The highest BCUT2D eigenvalue weighted by atomic mass is 79.9. The van der Waals surface area contributed by atoms with Gasteiger partial charge >= 0.3 is 0 Å². The fourth-order valence-corrected chi connectivity index (χ4v) is 4.32. The Balaban J connectivity index is 1.29. The van der Waals surface area contributed by atoms with Gasteiger partial charge in [0.25, 0.3) is 0 Å². The lowest BCUT2D eigenvalue weighted by molar-refractivity contribution is -0.133. The van der Waals surface area contributed by atoms with Gasteiger partial charge in [0.05, 0.1) is 5.52 Å². The third-order valence-corrected chi connectivity index (χ3v) is 6.70. The number of carbonyl (C=O) groups excluding carboxylic acids is 2. The second kappa shape index (κ2) is 8.20. The molecule has 1 aliphatic carbocycles. The number of rotatable bonds is 6. The molecule has 2 aliphatic rings. The number of benzene rings is 1. The van der Waals surface area contributed by atoms with E-state index in [0.29, 0.717) is 17.5 Å². The van der Waals surface area contributed by atoms with Gasteiger partial charge < -0.3 is 14.2 Å². The molecule has 3 aromatic rings. The van der Waals surface area contributed by atoms with E-state index >= 15 is 0 Å². The summed E-state index contributed by atoms with van der Waals surface area (Å²) in [6.45, 7) is 3.50. The van der Waals surface area contributed by atoms with E-state index in [1.54, 1.807) is 4.68 Å². The van der Waals surface area contributed by atoms with E-state index in [9.17, 15) is 9.59 Å². The molecular weight excluding hydrogens is 462 g/mol. The number of aromatic nitrogens is 3. The first-order valence-electron chi connectivity index (χ1n) is 10.6. The summed E-state index contributed by atoms with van der Waals surface area (Å²) in [5.74, 6) is 1.05. The molecule has 31 heavy (non-hydrogen) atoms. The number of hydrogen-bond acceptors (Lipinski definition) is 6. The number of hydrogen-bond donors (Lipinski definition) is 0.